The van der Waals surface area contributed by atoms with E-state index >= 15 is 4.79 Å². The Bertz CT molecular complexity index is 5000. The van der Waals surface area contributed by atoms with Crippen LogP contribution in [0.3, 0.4) is 0 Å². The first-order valence-corrected chi connectivity index (χ1v) is 45.6. The number of esters is 2. The molecule has 1 aliphatic heterocycles. The summed E-state index contributed by atoms with van der Waals surface area (Å²) in [5.74, 6) is -16.7. The first kappa shape index (κ1) is 107. The standard InChI is InChI=1S/C84H113N19O26S3/c1-11-16-54(92-75(118)56(34-64(107)108)91-63(106)28-27-55(82(124)125)93-72(115)49-21-23-50(24-22-49)86-38-52-39-87-70-69(89-52)79(122)99-83(85)98-70)73(116)94-58(36-66(111)112)76(119)95-57(35-65(109)110)74(117)88-46(8)40-132-131-31-30-127-84(126)101-100-71(114)45(7)32-51(33-48-19-25-53(105)26-20-48)90-77(120)59-41-130-80(96-59)62(129-47(9)104)37-61(43(4)5)103(42-128-67(113)17-12-2)81(123)68(44(6)13-3)97-78(121)60-18-14-15-29-102(60)10/h1,19-26,39,41,43-46,51,54-58,60-62,68,86,105H,12-18,27-38,40,42H2,2-10H3,(H,88,117)(H,90,120)(H,91,106)(H,92,118)(H,93,115)(H,94,116)(H,95,119)(H,97,121)(H,100,114)(H,101,126)(H,107,108)(H,109,110)(H,111,112)(H,124,125)(H3,85,87,98,99,122)/t44-,45+,46-,51-,54+,55+,56+,57+,58+,60-,61-,62-,68+/m1/s1. The van der Waals surface area contributed by atoms with E-state index in [4.69, 9.17) is 26.4 Å². The summed E-state index contributed by atoms with van der Waals surface area (Å²) in [5, 5.41) is 73.1. The second-order valence-corrected chi connectivity index (χ2v) is 35.1. The van der Waals surface area contributed by atoms with E-state index in [1.165, 1.54) is 73.6 Å². The molecule has 5 aromatic rings. The Kier molecular flexibility index (Phi) is 43.8. The summed E-state index contributed by atoms with van der Waals surface area (Å²) in [5.41, 5.74) is 10.8. The molecule has 2 aromatic carbocycles. The average molecular weight is 1900 g/mol. The molecule has 0 bridgehead atoms. The molecule has 19 N–H and O–H groups in total. The summed E-state index contributed by atoms with van der Waals surface area (Å²) >= 11 is 1.01. The SMILES string of the molecule is C#CC[C@H](NC(=O)[C@H](CC(=O)O)NC(=O)CC[C@H](NC(=O)c1ccc(NCc2cnc3nc(N)[nH]c(=O)c3n2)cc1)C(=O)O)C(=O)N[C@@H](CC(=O)O)C(=O)N[C@@H](CC(=O)O)C(=O)N[C@H](C)CSSCCOC(=O)NNC(=O)[C@@H](C)C[C@H](Cc1ccc(O)cc1)NC(=O)c1csc([C@@H](C[C@H](C(C)C)N(COC(=O)CCC)C(=O)[C@@H](NC(=O)[C@H]2CCCCN2C)[C@H](C)CC)OC(C)=O)n1. The van der Waals surface area contributed by atoms with Crippen LogP contribution in [0, 0.1) is 30.1 Å². The molecule has 1 fully saturated rings. The molecule has 6 rings (SSSR count). The van der Waals surface area contributed by atoms with Gasteiger partial charge in [-0.3, -0.25) is 92.0 Å². The number of carbonyl (C=O) groups is 17. The van der Waals surface area contributed by atoms with E-state index in [1.807, 2.05) is 39.6 Å². The minimum Gasteiger partial charge on any atom is -0.508 e. The van der Waals surface area contributed by atoms with Crippen molar-refractivity contribution in [3.8, 4) is 18.1 Å². The molecular weight excluding hydrogens is 1790 g/mol. The highest BCUT2D eigenvalue weighted by atomic mass is 33.1. The van der Waals surface area contributed by atoms with E-state index in [9.17, 15) is 107 Å². The lowest BCUT2D eigenvalue weighted by Gasteiger charge is -2.39. The van der Waals surface area contributed by atoms with Crippen LogP contribution in [-0.4, -0.2) is 260 Å². The second kappa shape index (κ2) is 53.7. The number of likely N-dealkylation sites (N-methyl/N-ethyl adjacent to an activating group) is 1. The predicted molar refractivity (Wildman–Crippen MR) is 478 cm³/mol. The number of carboxylic acid groups (broad SMARTS) is 4. The Morgan fingerprint density at radius 2 is 1.34 bits per heavy atom. The number of ether oxygens (including phenoxy) is 3. The van der Waals surface area contributed by atoms with Gasteiger partial charge in [0.25, 0.3) is 17.4 Å². The largest absolute Gasteiger partial charge is 0.508 e. The number of carboxylic acids is 4. The molecule has 0 aliphatic carbocycles. The van der Waals surface area contributed by atoms with Gasteiger partial charge in [0.15, 0.2) is 24.0 Å². The predicted octanol–water partition coefficient (Wildman–Crippen LogP) is 2.29. The maximum Gasteiger partial charge on any atom is 0.426 e. The van der Waals surface area contributed by atoms with Crippen LogP contribution < -0.4 is 70.0 Å². The number of aromatic amines is 1. The van der Waals surface area contributed by atoms with Gasteiger partial charge in [-0.15, -0.1) is 23.7 Å². The summed E-state index contributed by atoms with van der Waals surface area (Å²) in [4.78, 5) is 260. The first-order chi connectivity index (χ1) is 62.6. The van der Waals surface area contributed by atoms with Crippen LogP contribution >= 0.6 is 32.9 Å². The van der Waals surface area contributed by atoms with Crippen LogP contribution in [0.2, 0.25) is 0 Å². The number of phenols is 1. The Balaban J connectivity index is 0.972. The molecule has 0 saturated carbocycles. The van der Waals surface area contributed by atoms with Crippen molar-refractivity contribution in [1.82, 2.24) is 88.1 Å². The normalized spacial score (nSPS) is 15.2. The number of aromatic hydroxyl groups is 1. The molecule has 718 valence electrons. The summed E-state index contributed by atoms with van der Waals surface area (Å²) in [6, 6.07) is -1.70. The molecule has 1 aliphatic rings. The fraction of sp³-hybridized carbons (Fsp3) is 0.524. The zero-order valence-electron chi connectivity index (χ0n) is 74.1. The maximum atomic E-state index is 15.0. The number of nitrogens with one attached hydrogen (secondary N) is 12. The van der Waals surface area contributed by atoms with Crippen molar-refractivity contribution >= 4 is 157 Å². The lowest BCUT2D eigenvalue weighted by atomic mass is 9.92. The zero-order valence-corrected chi connectivity index (χ0v) is 76.5. The summed E-state index contributed by atoms with van der Waals surface area (Å²) < 4.78 is 16.8. The average Bonchev–Trinajstić information content (AvgIpc) is 1.49. The maximum absolute atomic E-state index is 15.0. The third kappa shape index (κ3) is 35.9. The fourth-order valence-electron chi connectivity index (χ4n) is 13.4. The van der Waals surface area contributed by atoms with Crippen LogP contribution in [-0.2, 0) is 94.3 Å². The number of phenolic OH excluding ortho intramolecular Hbond substituents is 1. The number of thiazole rings is 1. The Morgan fingerprint density at radius 3 is 1.94 bits per heavy atom. The molecule has 132 heavy (non-hydrogen) atoms. The number of piperidine rings is 1. The lowest BCUT2D eigenvalue weighted by Crippen LogP contribution is -2.59. The Hall–Kier alpha value is -13.3. The van der Waals surface area contributed by atoms with Crippen molar-refractivity contribution in [2.75, 3.05) is 49.5 Å². The number of benzene rings is 2. The van der Waals surface area contributed by atoms with Crippen LogP contribution in [0.4, 0.5) is 16.4 Å². The number of fused-ring (bicyclic) bond motifs is 1. The zero-order chi connectivity index (χ0) is 97.6. The highest BCUT2D eigenvalue weighted by molar-refractivity contribution is 8.76. The number of terminal acetylenes is 1. The topological polar surface area (TPSA) is 668 Å². The second-order valence-electron chi connectivity index (χ2n) is 31.6. The Morgan fingerprint density at radius 1 is 0.712 bits per heavy atom. The van der Waals surface area contributed by atoms with Crippen LogP contribution in [0.25, 0.3) is 11.2 Å². The van der Waals surface area contributed by atoms with Gasteiger partial charge in [-0.25, -0.2) is 30.0 Å². The van der Waals surface area contributed by atoms with Gasteiger partial charge in [0.1, 0.15) is 59.3 Å². The van der Waals surface area contributed by atoms with Gasteiger partial charge in [0.05, 0.1) is 43.7 Å². The summed E-state index contributed by atoms with van der Waals surface area (Å²) in [6.07, 6.45) is 2.63. The minimum atomic E-state index is -2.10. The quantitative estimate of drug-likeness (QED) is 0.00505. The molecule has 0 spiro atoms. The van der Waals surface area contributed by atoms with Crippen molar-refractivity contribution in [2.45, 2.75) is 225 Å². The van der Waals surface area contributed by atoms with Gasteiger partial charge in [-0.1, -0.05) is 88.1 Å². The van der Waals surface area contributed by atoms with Crippen LogP contribution in [0.15, 0.2) is 64.9 Å². The van der Waals surface area contributed by atoms with E-state index in [2.05, 4.69) is 89.5 Å². The number of nitrogen functional groups attached to an aromatic ring is 1. The molecule has 1 saturated heterocycles. The third-order valence-electron chi connectivity index (χ3n) is 20.6. The van der Waals surface area contributed by atoms with Gasteiger partial charge in [0.2, 0.25) is 53.2 Å². The van der Waals surface area contributed by atoms with E-state index in [0.717, 1.165) is 45.8 Å². The van der Waals surface area contributed by atoms with Crippen molar-refractivity contribution in [2.24, 2.45) is 17.8 Å². The number of rotatable bonds is 53. The fourth-order valence-corrected chi connectivity index (χ4v) is 16.4. The van der Waals surface area contributed by atoms with Gasteiger partial charge in [-0.05, 0) is 113 Å². The number of anilines is 2. The molecule has 4 heterocycles. The number of carbonyl (C=O) groups excluding carboxylic acids is 13. The number of H-pyrrole nitrogens is 1. The lowest BCUT2D eigenvalue weighted by molar-refractivity contribution is -0.160. The van der Waals surface area contributed by atoms with Crippen molar-refractivity contribution in [3.63, 3.8) is 0 Å². The van der Waals surface area contributed by atoms with Gasteiger partial charge < -0.3 is 98.2 Å². The van der Waals surface area contributed by atoms with Crippen LogP contribution in [0.5, 0.6) is 5.75 Å². The molecule has 45 nitrogen and oxygen atoms in total. The van der Waals surface area contributed by atoms with E-state index in [0.29, 0.717) is 42.8 Å². The van der Waals surface area contributed by atoms with E-state index in [-0.39, 0.29) is 107 Å². The number of likely N-dealkylation sites (tertiary alicyclic amines) is 1. The smallest absolute Gasteiger partial charge is 0.426 e. The molecule has 0 unspecified atom stereocenters. The molecule has 3 aromatic heterocycles. The van der Waals surface area contributed by atoms with Gasteiger partial charge in [0, 0.05) is 84.8 Å². The molecule has 48 heteroatoms. The highest BCUT2D eigenvalue weighted by Crippen LogP contribution is 2.33. The number of hydrogen-bond acceptors (Lipinski definition) is 32. The van der Waals surface area contributed by atoms with Gasteiger partial charge in [-0.2, -0.15) is 4.98 Å². The molecule has 13 atom stereocenters. The monoisotopic (exact) mass is 1900 g/mol. The van der Waals surface area contributed by atoms with Crippen LogP contribution in [0.1, 0.15) is 188 Å². The molecule has 0 radical (unpaired) electrons. The van der Waals surface area contributed by atoms with E-state index < -0.39 is 218 Å². The number of hydrazine groups is 1. The highest BCUT2D eigenvalue weighted by Gasteiger charge is 2.41. The number of amides is 11. The van der Waals surface area contributed by atoms with Gasteiger partial charge >= 0.3 is 41.9 Å². The summed E-state index contributed by atoms with van der Waals surface area (Å²) in [6.45, 7) is 13.5. The number of aromatic nitrogens is 5. The number of aliphatic carboxylic acids is 4. The molecular formula is C84H113N19O26S3. The number of nitrogens with zero attached hydrogens (tertiary/aromatic N) is 6. The first-order valence-electron chi connectivity index (χ1n) is 42.2. The number of hydrogen-bond donors (Lipinski definition) is 18. The van der Waals surface area contributed by atoms with E-state index in [1.54, 1.807) is 19.1 Å². The Labute approximate surface area is 770 Å². The summed E-state index contributed by atoms with van der Waals surface area (Å²) in [7, 11) is 4.17. The number of nitrogens with two attached hydrogens (primary N) is 1. The third-order valence-corrected chi connectivity index (χ3v) is 24.1. The van der Waals surface area contributed by atoms with Crippen molar-refractivity contribution < 1.29 is 121 Å². The van der Waals surface area contributed by atoms with Crippen molar-refractivity contribution in [3.05, 3.63) is 98.0 Å². The minimum absolute atomic E-state index is 0.0159. The van der Waals surface area contributed by atoms with Crippen molar-refractivity contribution in [1.29, 1.82) is 0 Å². The molecule has 11 amide bonds.